The third kappa shape index (κ3) is 2.59. The lowest BCUT2D eigenvalue weighted by molar-refractivity contribution is 0.0595. The van der Waals surface area contributed by atoms with Crippen LogP contribution in [-0.4, -0.2) is 24.7 Å². The summed E-state index contributed by atoms with van der Waals surface area (Å²) in [5.74, 6) is 0.619. The number of nitrogens with zero attached hydrogens (tertiary/aromatic N) is 1. The van der Waals surface area contributed by atoms with Crippen molar-refractivity contribution in [2.75, 3.05) is 30.8 Å². The van der Waals surface area contributed by atoms with E-state index in [1.165, 1.54) is 24.2 Å². The number of hydrogen-bond acceptors (Lipinski definition) is 5. The molecule has 1 fully saturated rings. The van der Waals surface area contributed by atoms with Crippen molar-refractivity contribution < 1.29 is 4.74 Å². The number of nitrogen functional groups attached to an aromatic ring is 1. The number of ether oxygens (including phenoxy) is 1. The van der Waals surface area contributed by atoms with E-state index >= 15 is 0 Å². The number of rotatable bonds is 3. The third-order valence-corrected chi connectivity index (χ3v) is 3.10. The molecule has 0 radical (unpaired) electrons. The van der Waals surface area contributed by atoms with Crippen LogP contribution in [0, 0.1) is 5.92 Å². The fourth-order valence-corrected chi connectivity index (χ4v) is 2.16. The van der Waals surface area contributed by atoms with Gasteiger partial charge in [0.2, 0.25) is 0 Å². The first kappa shape index (κ1) is 9.73. The standard InChI is InChI=1S/C9H15N3OS/c10-8-5-12-9(14-8)11-4-7-2-1-3-13-6-7/h5,7H,1-4,6,10H2,(H,11,12). The quantitative estimate of drug-likeness (QED) is 0.800. The van der Waals surface area contributed by atoms with Gasteiger partial charge >= 0.3 is 0 Å². The number of anilines is 2. The summed E-state index contributed by atoms with van der Waals surface area (Å²) in [6.45, 7) is 2.72. The third-order valence-electron chi connectivity index (χ3n) is 2.32. The molecule has 0 bridgehead atoms. The highest BCUT2D eigenvalue weighted by molar-refractivity contribution is 7.19. The van der Waals surface area contributed by atoms with E-state index in [0.29, 0.717) is 5.92 Å². The predicted octanol–water partition coefficient (Wildman–Crippen LogP) is 1.56. The topological polar surface area (TPSA) is 60.2 Å². The second-order valence-electron chi connectivity index (χ2n) is 3.53. The molecule has 78 valence electrons. The molecule has 1 aliphatic rings. The highest BCUT2D eigenvalue weighted by Gasteiger charge is 2.13. The Hall–Kier alpha value is -0.810. The average molecular weight is 213 g/mol. The van der Waals surface area contributed by atoms with Crippen LogP contribution in [-0.2, 0) is 4.74 Å². The fourth-order valence-electron chi connectivity index (χ4n) is 1.57. The van der Waals surface area contributed by atoms with Gasteiger partial charge in [0.15, 0.2) is 5.13 Å². The van der Waals surface area contributed by atoms with Crippen LogP contribution >= 0.6 is 11.3 Å². The first-order valence-corrected chi connectivity index (χ1v) is 5.69. The van der Waals surface area contributed by atoms with Crippen molar-refractivity contribution in [3.63, 3.8) is 0 Å². The van der Waals surface area contributed by atoms with Crippen LogP contribution in [0.3, 0.4) is 0 Å². The van der Waals surface area contributed by atoms with Gasteiger partial charge in [0.1, 0.15) is 5.00 Å². The van der Waals surface area contributed by atoms with Gasteiger partial charge in [-0.1, -0.05) is 11.3 Å². The van der Waals surface area contributed by atoms with Crippen LogP contribution in [0.15, 0.2) is 6.20 Å². The van der Waals surface area contributed by atoms with Gasteiger partial charge in [-0.15, -0.1) is 0 Å². The van der Waals surface area contributed by atoms with Gasteiger partial charge in [0.25, 0.3) is 0 Å². The Morgan fingerprint density at radius 1 is 1.71 bits per heavy atom. The maximum atomic E-state index is 5.58. The normalized spacial score (nSPS) is 22.1. The Kier molecular flexibility index (Phi) is 3.21. The van der Waals surface area contributed by atoms with Crippen LogP contribution in [0.4, 0.5) is 10.1 Å². The van der Waals surface area contributed by atoms with Gasteiger partial charge in [-0.3, -0.25) is 0 Å². The van der Waals surface area contributed by atoms with E-state index in [9.17, 15) is 0 Å². The van der Waals surface area contributed by atoms with Gasteiger partial charge in [0.05, 0.1) is 12.8 Å². The summed E-state index contributed by atoms with van der Waals surface area (Å²) in [6, 6.07) is 0. The van der Waals surface area contributed by atoms with Crippen molar-refractivity contribution in [2.45, 2.75) is 12.8 Å². The molecular weight excluding hydrogens is 198 g/mol. The molecule has 1 atom stereocenters. The van der Waals surface area contributed by atoms with Gasteiger partial charge in [-0.05, 0) is 18.8 Å². The van der Waals surface area contributed by atoms with Crippen LogP contribution < -0.4 is 11.1 Å². The molecule has 0 amide bonds. The number of nitrogens with one attached hydrogen (secondary N) is 1. The second kappa shape index (κ2) is 4.61. The highest BCUT2D eigenvalue weighted by Crippen LogP contribution is 2.21. The molecule has 0 saturated carbocycles. The monoisotopic (exact) mass is 213 g/mol. The highest BCUT2D eigenvalue weighted by atomic mass is 32.1. The predicted molar refractivity (Wildman–Crippen MR) is 58.6 cm³/mol. The summed E-state index contributed by atoms with van der Waals surface area (Å²) in [5, 5.41) is 4.95. The molecule has 1 aromatic heterocycles. The van der Waals surface area contributed by atoms with E-state index in [1.807, 2.05) is 0 Å². The van der Waals surface area contributed by atoms with Crippen molar-refractivity contribution in [3.8, 4) is 0 Å². The molecular formula is C9H15N3OS. The van der Waals surface area contributed by atoms with E-state index in [4.69, 9.17) is 10.5 Å². The SMILES string of the molecule is Nc1cnc(NCC2CCCOC2)s1. The molecule has 2 rings (SSSR count). The summed E-state index contributed by atoms with van der Waals surface area (Å²) in [5.41, 5.74) is 5.58. The Morgan fingerprint density at radius 3 is 3.29 bits per heavy atom. The fraction of sp³-hybridized carbons (Fsp3) is 0.667. The van der Waals surface area contributed by atoms with E-state index in [1.54, 1.807) is 6.20 Å². The van der Waals surface area contributed by atoms with Gasteiger partial charge in [0, 0.05) is 13.2 Å². The minimum Gasteiger partial charge on any atom is -0.389 e. The Morgan fingerprint density at radius 2 is 2.64 bits per heavy atom. The Labute approximate surface area is 87.5 Å². The first-order valence-electron chi connectivity index (χ1n) is 4.87. The average Bonchev–Trinajstić information content (AvgIpc) is 2.63. The molecule has 0 aliphatic carbocycles. The second-order valence-corrected chi connectivity index (χ2v) is 4.59. The number of thiazole rings is 1. The lowest BCUT2D eigenvalue weighted by Crippen LogP contribution is -2.24. The smallest absolute Gasteiger partial charge is 0.184 e. The van der Waals surface area contributed by atoms with Crippen molar-refractivity contribution in [3.05, 3.63) is 6.20 Å². The maximum Gasteiger partial charge on any atom is 0.184 e. The Balaban J connectivity index is 1.76. The molecule has 1 unspecified atom stereocenters. The lowest BCUT2D eigenvalue weighted by atomic mass is 10.0. The molecule has 0 aromatic carbocycles. The van der Waals surface area contributed by atoms with E-state index in [0.717, 1.165) is 29.9 Å². The van der Waals surface area contributed by atoms with Gasteiger partial charge in [-0.25, -0.2) is 4.98 Å². The van der Waals surface area contributed by atoms with Crippen LogP contribution in [0.5, 0.6) is 0 Å². The van der Waals surface area contributed by atoms with Gasteiger partial charge in [-0.2, -0.15) is 0 Å². The van der Waals surface area contributed by atoms with E-state index < -0.39 is 0 Å². The summed E-state index contributed by atoms with van der Waals surface area (Å²) >= 11 is 1.49. The molecule has 4 nitrogen and oxygen atoms in total. The zero-order valence-corrected chi connectivity index (χ0v) is 8.85. The summed E-state index contributed by atoms with van der Waals surface area (Å²) < 4.78 is 5.39. The van der Waals surface area contributed by atoms with Crippen LogP contribution in [0.1, 0.15) is 12.8 Å². The van der Waals surface area contributed by atoms with Crippen molar-refractivity contribution >= 4 is 21.5 Å². The summed E-state index contributed by atoms with van der Waals surface area (Å²) in [6.07, 6.45) is 4.10. The van der Waals surface area contributed by atoms with Gasteiger partial charge < -0.3 is 15.8 Å². The molecule has 1 aliphatic heterocycles. The molecule has 5 heteroatoms. The minimum atomic E-state index is 0.619. The summed E-state index contributed by atoms with van der Waals surface area (Å²) in [7, 11) is 0. The maximum absolute atomic E-state index is 5.58. The van der Waals surface area contributed by atoms with Crippen molar-refractivity contribution in [2.24, 2.45) is 5.92 Å². The number of hydrogen-bond donors (Lipinski definition) is 2. The zero-order chi connectivity index (χ0) is 9.80. The first-order chi connectivity index (χ1) is 6.84. The van der Waals surface area contributed by atoms with Crippen molar-refractivity contribution in [1.29, 1.82) is 0 Å². The molecule has 3 N–H and O–H groups in total. The minimum absolute atomic E-state index is 0.619. The van der Waals surface area contributed by atoms with E-state index in [-0.39, 0.29) is 0 Å². The summed E-state index contributed by atoms with van der Waals surface area (Å²) in [4.78, 5) is 4.14. The van der Waals surface area contributed by atoms with Crippen LogP contribution in [0.2, 0.25) is 0 Å². The molecule has 2 heterocycles. The molecule has 1 aromatic rings. The number of nitrogens with two attached hydrogens (primary N) is 1. The number of aromatic nitrogens is 1. The molecule has 14 heavy (non-hydrogen) atoms. The van der Waals surface area contributed by atoms with Crippen molar-refractivity contribution in [1.82, 2.24) is 4.98 Å². The lowest BCUT2D eigenvalue weighted by Gasteiger charge is -2.21. The van der Waals surface area contributed by atoms with Crippen LogP contribution in [0.25, 0.3) is 0 Å². The largest absolute Gasteiger partial charge is 0.389 e. The Bertz CT molecular complexity index is 283. The zero-order valence-electron chi connectivity index (χ0n) is 8.03. The molecule has 1 saturated heterocycles. The van der Waals surface area contributed by atoms with E-state index in [2.05, 4.69) is 10.3 Å². The molecule has 0 spiro atoms.